The predicted molar refractivity (Wildman–Crippen MR) is 140 cm³/mol. The summed E-state index contributed by atoms with van der Waals surface area (Å²) in [5, 5.41) is 11.8. The van der Waals surface area contributed by atoms with Crippen LogP contribution in [0.15, 0.2) is 34.9 Å². The lowest BCUT2D eigenvalue weighted by Crippen LogP contribution is -2.55. The number of hydrogen-bond acceptors (Lipinski definition) is 3. The van der Waals surface area contributed by atoms with Crippen molar-refractivity contribution in [2.75, 3.05) is 13.9 Å². The third-order valence-electron chi connectivity index (χ3n) is 10.7. The van der Waals surface area contributed by atoms with Gasteiger partial charge in [0, 0.05) is 7.11 Å². The second-order valence-electron chi connectivity index (χ2n) is 13.2. The Bertz CT molecular complexity index is 849. The van der Waals surface area contributed by atoms with E-state index in [1.807, 2.05) is 0 Å². The summed E-state index contributed by atoms with van der Waals surface area (Å²) in [5.41, 5.74) is 6.13. The first-order chi connectivity index (χ1) is 16.0. The van der Waals surface area contributed by atoms with Gasteiger partial charge in [0.1, 0.15) is 6.79 Å². The topological polar surface area (TPSA) is 38.7 Å². The zero-order chi connectivity index (χ0) is 24.9. The van der Waals surface area contributed by atoms with E-state index in [0.29, 0.717) is 24.5 Å². The van der Waals surface area contributed by atoms with Gasteiger partial charge in [-0.1, -0.05) is 59.8 Å². The van der Waals surface area contributed by atoms with Crippen molar-refractivity contribution in [3.63, 3.8) is 0 Å². The van der Waals surface area contributed by atoms with Gasteiger partial charge in [-0.2, -0.15) is 0 Å². The summed E-state index contributed by atoms with van der Waals surface area (Å²) in [7, 11) is 1.70. The minimum Gasteiger partial charge on any atom is -0.389 e. The Kier molecular flexibility index (Phi) is 7.33. The first-order valence-electron chi connectivity index (χ1n) is 13.9. The number of aliphatic hydroxyl groups excluding tert-OH is 1. The third-order valence-corrected chi connectivity index (χ3v) is 10.7. The minimum atomic E-state index is -0.316. The number of aliphatic hydroxyl groups is 1. The van der Waals surface area contributed by atoms with Crippen LogP contribution in [-0.4, -0.2) is 31.2 Å². The van der Waals surface area contributed by atoms with Crippen LogP contribution in [-0.2, 0) is 9.47 Å². The molecule has 3 nitrogen and oxygen atoms in total. The van der Waals surface area contributed by atoms with Gasteiger partial charge < -0.3 is 14.6 Å². The van der Waals surface area contributed by atoms with E-state index in [4.69, 9.17) is 9.47 Å². The van der Waals surface area contributed by atoms with Crippen molar-refractivity contribution in [1.82, 2.24) is 0 Å². The highest BCUT2D eigenvalue weighted by molar-refractivity contribution is 5.51. The standard InChI is InChI=1S/C31H50O3/c1-20(2)21(3)10-9-11-22-12-14-24-23-13-15-26-29(4,5)27(34-19-33-8)16-17-30(26,6)28(23)25(32)18-31(22,24)7/h14,20,22,25-27,32H,3,9-13,15-19H2,1-2,4-8H3/t22-,25-,26?,27?,30?,31?/m0/s1. The van der Waals surface area contributed by atoms with E-state index in [-0.39, 0.29) is 28.5 Å². The molecule has 0 aromatic carbocycles. The summed E-state index contributed by atoms with van der Waals surface area (Å²) in [6.45, 7) is 18.8. The molecule has 1 saturated carbocycles. The Hall–Kier alpha value is -0.900. The Morgan fingerprint density at radius 2 is 1.91 bits per heavy atom. The van der Waals surface area contributed by atoms with Crippen molar-refractivity contribution >= 4 is 0 Å². The Balaban J connectivity index is 1.57. The number of ether oxygens (including phenoxy) is 2. The van der Waals surface area contributed by atoms with Crippen molar-refractivity contribution in [2.45, 2.75) is 112 Å². The second-order valence-corrected chi connectivity index (χ2v) is 13.2. The Morgan fingerprint density at radius 1 is 1.18 bits per heavy atom. The maximum atomic E-state index is 11.8. The lowest BCUT2D eigenvalue weighted by molar-refractivity contribution is -0.166. The fourth-order valence-corrected chi connectivity index (χ4v) is 8.64. The van der Waals surface area contributed by atoms with Gasteiger partial charge >= 0.3 is 0 Å². The quantitative estimate of drug-likeness (QED) is 0.293. The zero-order valence-corrected chi connectivity index (χ0v) is 23.0. The molecule has 0 aromatic heterocycles. The lowest BCUT2D eigenvalue weighted by atomic mass is 9.46. The summed E-state index contributed by atoms with van der Waals surface area (Å²) >= 11 is 0. The highest BCUT2D eigenvalue weighted by atomic mass is 16.7. The smallest absolute Gasteiger partial charge is 0.146 e. The van der Waals surface area contributed by atoms with Crippen molar-refractivity contribution in [1.29, 1.82) is 0 Å². The van der Waals surface area contributed by atoms with Gasteiger partial charge in [0.15, 0.2) is 0 Å². The van der Waals surface area contributed by atoms with Crippen LogP contribution in [0.1, 0.15) is 99.3 Å². The molecular formula is C31H50O3. The third kappa shape index (κ3) is 4.18. The number of hydrogen-bond donors (Lipinski definition) is 1. The SMILES string of the molecule is C=C(CCC[C@H]1CC=C2C3=C([C@@H](O)CC21C)C1(C)CCC(OCOC)C(C)(C)C1CC3)C(C)C. The van der Waals surface area contributed by atoms with Gasteiger partial charge in [0.2, 0.25) is 0 Å². The molecule has 4 aliphatic rings. The molecule has 0 aromatic rings. The molecule has 34 heavy (non-hydrogen) atoms. The summed E-state index contributed by atoms with van der Waals surface area (Å²) in [4.78, 5) is 0. The molecule has 0 heterocycles. The number of rotatable bonds is 8. The maximum absolute atomic E-state index is 11.8. The summed E-state index contributed by atoms with van der Waals surface area (Å²) in [5.74, 6) is 1.74. The monoisotopic (exact) mass is 470 g/mol. The van der Waals surface area contributed by atoms with Gasteiger partial charge in [0.05, 0.1) is 12.2 Å². The molecule has 0 aliphatic heterocycles. The fourth-order valence-electron chi connectivity index (χ4n) is 8.64. The number of methoxy groups -OCH3 is 1. The van der Waals surface area contributed by atoms with Crippen LogP contribution in [0.5, 0.6) is 0 Å². The van der Waals surface area contributed by atoms with Crippen molar-refractivity contribution in [3.8, 4) is 0 Å². The molecule has 4 aliphatic carbocycles. The molecule has 0 saturated heterocycles. The molecule has 1 N–H and O–H groups in total. The van der Waals surface area contributed by atoms with Crippen LogP contribution in [0.2, 0.25) is 0 Å². The van der Waals surface area contributed by atoms with Gasteiger partial charge in [-0.15, -0.1) is 0 Å². The van der Waals surface area contributed by atoms with E-state index < -0.39 is 0 Å². The van der Waals surface area contributed by atoms with Gasteiger partial charge in [-0.3, -0.25) is 0 Å². The molecule has 0 spiro atoms. The van der Waals surface area contributed by atoms with E-state index >= 15 is 0 Å². The van der Waals surface area contributed by atoms with E-state index in [2.05, 4.69) is 54.2 Å². The Labute approximate surface area is 209 Å². The molecular weight excluding hydrogens is 420 g/mol. The van der Waals surface area contributed by atoms with Crippen LogP contribution >= 0.6 is 0 Å². The number of fused-ring (bicyclic) bond motifs is 4. The highest BCUT2D eigenvalue weighted by Crippen LogP contribution is 2.66. The van der Waals surface area contributed by atoms with Crippen molar-refractivity contribution in [3.05, 3.63) is 34.9 Å². The largest absolute Gasteiger partial charge is 0.389 e. The predicted octanol–water partition coefficient (Wildman–Crippen LogP) is 7.61. The first kappa shape index (κ1) is 26.2. The van der Waals surface area contributed by atoms with Crippen molar-refractivity contribution < 1.29 is 14.6 Å². The second kappa shape index (κ2) is 9.52. The molecule has 3 heteroatoms. The maximum Gasteiger partial charge on any atom is 0.146 e. The first-order valence-corrected chi connectivity index (χ1v) is 13.9. The molecule has 0 amide bonds. The summed E-state index contributed by atoms with van der Waals surface area (Å²) < 4.78 is 11.4. The van der Waals surface area contributed by atoms with Crippen LogP contribution in [0.4, 0.5) is 0 Å². The molecule has 4 unspecified atom stereocenters. The van der Waals surface area contributed by atoms with Crippen molar-refractivity contribution in [2.24, 2.45) is 34.0 Å². The summed E-state index contributed by atoms with van der Waals surface area (Å²) in [6.07, 6.45) is 12.5. The molecule has 0 radical (unpaired) electrons. The van der Waals surface area contributed by atoms with Crippen LogP contribution in [0.25, 0.3) is 0 Å². The van der Waals surface area contributed by atoms with E-state index in [1.54, 1.807) is 12.7 Å². The molecule has 1 fully saturated rings. The number of allylic oxidation sites excluding steroid dienone is 4. The average Bonchev–Trinajstić information content (AvgIpc) is 3.08. The zero-order valence-electron chi connectivity index (χ0n) is 23.0. The van der Waals surface area contributed by atoms with Crippen LogP contribution in [0, 0.1) is 34.0 Å². The van der Waals surface area contributed by atoms with Crippen LogP contribution in [0.3, 0.4) is 0 Å². The normalized spacial score (nSPS) is 38.9. The lowest BCUT2D eigenvalue weighted by Gasteiger charge is -2.60. The minimum absolute atomic E-state index is 0.0543. The molecule has 4 rings (SSSR count). The highest BCUT2D eigenvalue weighted by Gasteiger charge is 2.59. The van der Waals surface area contributed by atoms with Gasteiger partial charge in [0.25, 0.3) is 0 Å². The van der Waals surface area contributed by atoms with Gasteiger partial charge in [-0.05, 0) is 109 Å². The summed E-state index contributed by atoms with van der Waals surface area (Å²) in [6, 6.07) is 0. The van der Waals surface area contributed by atoms with E-state index in [0.717, 1.165) is 32.1 Å². The van der Waals surface area contributed by atoms with Crippen LogP contribution < -0.4 is 0 Å². The fraction of sp³-hybridized carbons (Fsp3) is 0.806. The van der Waals surface area contributed by atoms with Gasteiger partial charge in [-0.25, -0.2) is 0 Å². The molecule has 0 bridgehead atoms. The Morgan fingerprint density at radius 3 is 2.59 bits per heavy atom. The average molecular weight is 471 g/mol. The molecule has 6 atom stereocenters. The van der Waals surface area contributed by atoms with E-state index in [1.165, 1.54) is 42.4 Å². The van der Waals surface area contributed by atoms with E-state index in [9.17, 15) is 5.11 Å². The molecule has 192 valence electrons.